The maximum Gasteiger partial charge on any atom is 0.254 e. The monoisotopic (exact) mass is 288 g/mol. The van der Waals surface area contributed by atoms with Crippen molar-refractivity contribution in [3.05, 3.63) is 53.2 Å². The third-order valence-corrected chi connectivity index (χ3v) is 3.54. The SMILES string of the molecule is C=CCNC(=O)c1cnc2c(C(C)C)cccc2c1Cl. The van der Waals surface area contributed by atoms with Crippen molar-refractivity contribution in [3.8, 4) is 0 Å². The average molecular weight is 289 g/mol. The van der Waals surface area contributed by atoms with E-state index in [1.165, 1.54) is 6.20 Å². The summed E-state index contributed by atoms with van der Waals surface area (Å²) in [7, 11) is 0. The molecule has 0 bridgehead atoms. The fraction of sp³-hybridized carbons (Fsp3) is 0.250. The predicted molar refractivity (Wildman–Crippen MR) is 83.4 cm³/mol. The van der Waals surface area contributed by atoms with Crippen LogP contribution in [0.3, 0.4) is 0 Å². The highest BCUT2D eigenvalue weighted by atomic mass is 35.5. The van der Waals surface area contributed by atoms with Gasteiger partial charge in [-0.05, 0) is 11.5 Å². The van der Waals surface area contributed by atoms with Crippen LogP contribution in [0.25, 0.3) is 10.9 Å². The van der Waals surface area contributed by atoms with Crippen LogP contribution in [-0.2, 0) is 0 Å². The van der Waals surface area contributed by atoms with Gasteiger partial charge in [0.15, 0.2) is 0 Å². The molecule has 0 aliphatic rings. The molecule has 0 spiro atoms. The van der Waals surface area contributed by atoms with Crippen molar-refractivity contribution in [1.82, 2.24) is 10.3 Å². The van der Waals surface area contributed by atoms with Crippen LogP contribution in [0.15, 0.2) is 37.1 Å². The van der Waals surface area contributed by atoms with Crippen molar-refractivity contribution in [2.75, 3.05) is 6.54 Å². The Balaban J connectivity index is 2.54. The molecule has 1 aromatic heterocycles. The second-order valence-electron chi connectivity index (χ2n) is 4.88. The van der Waals surface area contributed by atoms with Crippen LogP contribution >= 0.6 is 11.6 Å². The molecule has 1 amide bonds. The van der Waals surface area contributed by atoms with E-state index in [4.69, 9.17) is 11.6 Å². The van der Waals surface area contributed by atoms with Crippen LogP contribution in [0, 0.1) is 0 Å². The molecule has 104 valence electrons. The van der Waals surface area contributed by atoms with Crippen molar-refractivity contribution in [3.63, 3.8) is 0 Å². The highest BCUT2D eigenvalue weighted by Crippen LogP contribution is 2.30. The number of aromatic nitrogens is 1. The number of amides is 1. The van der Waals surface area contributed by atoms with Crippen LogP contribution in [0.1, 0.15) is 35.7 Å². The fourth-order valence-electron chi connectivity index (χ4n) is 2.10. The van der Waals surface area contributed by atoms with Crippen LogP contribution in [0.4, 0.5) is 0 Å². The van der Waals surface area contributed by atoms with E-state index in [1.807, 2.05) is 18.2 Å². The van der Waals surface area contributed by atoms with E-state index in [-0.39, 0.29) is 5.91 Å². The molecule has 2 rings (SSSR count). The molecule has 1 aromatic carbocycles. The minimum atomic E-state index is -0.237. The summed E-state index contributed by atoms with van der Waals surface area (Å²) in [5.74, 6) is 0.113. The third kappa shape index (κ3) is 2.68. The Labute approximate surface area is 123 Å². The second kappa shape index (κ2) is 6.06. The van der Waals surface area contributed by atoms with E-state index < -0.39 is 0 Å². The van der Waals surface area contributed by atoms with Gasteiger partial charge in [-0.1, -0.05) is 49.7 Å². The van der Waals surface area contributed by atoms with Gasteiger partial charge in [0.2, 0.25) is 0 Å². The summed E-state index contributed by atoms with van der Waals surface area (Å²) in [6, 6.07) is 5.87. The fourth-order valence-corrected chi connectivity index (χ4v) is 2.38. The normalized spacial score (nSPS) is 10.8. The van der Waals surface area contributed by atoms with Gasteiger partial charge in [0.05, 0.1) is 16.1 Å². The number of para-hydroxylation sites is 1. The smallest absolute Gasteiger partial charge is 0.254 e. The van der Waals surface area contributed by atoms with Crippen LogP contribution in [0.5, 0.6) is 0 Å². The Morgan fingerprint density at radius 3 is 2.90 bits per heavy atom. The van der Waals surface area contributed by atoms with E-state index in [0.717, 1.165) is 16.5 Å². The van der Waals surface area contributed by atoms with Gasteiger partial charge in [-0.25, -0.2) is 0 Å². The highest BCUT2D eigenvalue weighted by molar-refractivity contribution is 6.38. The predicted octanol–water partition coefficient (Wildman–Crippen LogP) is 3.93. The number of hydrogen-bond acceptors (Lipinski definition) is 2. The molecule has 0 saturated heterocycles. The van der Waals surface area contributed by atoms with Gasteiger partial charge in [0, 0.05) is 18.1 Å². The first-order chi connectivity index (χ1) is 9.56. The molecule has 0 saturated carbocycles. The Kier molecular flexibility index (Phi) is 4.40. The zero-order chi connectivity index (χ0) is 14.7. The average Bonchev–Trinajstić information content (AvgIpc) is 2.44. The number of carbonyl (C=O) groups is 1. The summed E-state index contributed by atoms with van der Waals surface area (Å²) < 4.78 is 0. The molecular weight excluding hydrogens is 272 g/mol. The zero-order valence-corrected chi connectivity index (χ0v) is 12.4. The molecule has 1 heterocycles. The highest BCUT2D eigenvalue weighted by Gasteiger charge is 2.15. The van der Waals surface area contributed by atoms with Gasteiger partial charge in [0.25, 0.3) is 5.91 Å². The molecule has 3 nitrogen and oxygen atoms in total. The number of nitrogens with one attached hydrogen (secondary N) is 1. The molecule has 0 radical (unpaired) electrons. The van der Waals surface area contributed by atoms with Gasteiger partial charge in [-0.2, -0.15) is 0 Å². The van der Waals surface area contributed by atoms with Crippen molar-refractivity contribution < 1.29 is 4.79 Å². The Morgan fingerprint density at radius 2 is 2.25 bits per heavy atom. The lowest BCUT2D eigenvalue weighted by Gasteiger charge is -2.12. The number of nitrogens with zero attached hydrogens (tertiary/aromatic N) is 1. The van der Waals surface area contributed by atoms with E-state index >= 15 is 0 Å². The lowest BCUT2D eigenvalue weighted by atomic mass is 9.99. The molecular formula is C16H17ClN2O. The number of fused-ring (bicyclic) bond motifs is 1. The van der Waals surface area contributed by atoms with Crippen LogP contribution in [-0.4, -0.2) is 17.4 Å². The van der Waals surface area contributed by atoms with Crippen molar-refractivity contribution in [1.29, 1.82) is 0 Å². The van der Waals surface area contributed by atoms with Crippen LogP contribution in [0.2, 0.25) is 5.02 Å². The van der Waals surface area contributed by atoms with Crippen molar-refractivity contribution in [2.24, 2.45) is 0 Å². The summed E-state index contributed by atoms with van der Waals surface area (Å²) in [5.41, 5.74) is 2.37. The minimum Gasteiger partial charge on any atom is -0.348 e. The third-order valence-electron chi connectivity index (χ3n) is 3.14. The molecule has 0 aliphatic carbocycles. The maximum absolute atomic E-state index is 12.0. The number of halogens is 1. The Hall–Kier alpha value is -1.87. The standard InChI is InChI=1S/C16H17ClN2O/c1-4-8-18-16(20)13-9-19-15-11(10(2)3)6-5-7-12(15)14(13)17/h4-7,9-10H,1,8H2,2-3H3,(H,18,20). The molecule has 1 N–H and O–H groups in total. The summed E-state index contributed by atoms with van der Waals surface area (Å²) in [5, 5.41) is 3.96. The number of pyridine rings is 1. The lowest BCUT2D eigenvalue weighted by Crippen LogP contribution is -2.23. The Bertz CT molecular complexity index is 665. The summed E-state index contributed by atoms with van der Waals surface area (Å²) in [6.07, 6.45) is 3.16. The second-order valence-corrected chi connectivity index (χ2v) is 5.26. The topological polar surface area (TPSA) is 42.0 Å². The lowest BCUT2D eigenvalue weighted by molar-refractivity contribution is 0.0958. The van der Waals surface area contributed by atoms with E-state index in [0.29, 0.717) is 23.0 Å². The van der Waals surface area contributed by atoms with Crippen molar-refractivity contribution >= 4 is 28.4 Å². The Morgan fingerprint density at radius 1 is 1.50 bits per heavy atom. The number of rotatable bonds is 4. The molecule has 0 aliphatic heterocycles. The molecule has 20 heavy (non-hydrogen) atoms. The van der Waals surface area contributed by atoms with Crippen molar-refractivity contribution in [2.45, 2.75) is 19.8 Å². The largest absolute Gasteiger partial charge is 0.348 e. The molecule has 4 heteroatoms. The number of hydrogen-bond donors (Lipinski definition) is 1. The minimum absolute atomic E-state index is 0.237. The molecule has 2 aromatic rings. The van der Waals surface area contributed by atoms with E-state index in [9.17, 15) is 4.79 Å². The summed E-state index contributed by atoms with van der Waals surface area (Å²) in [4.78, 5) is 16.4. The van der Waals surface area contributed by atoms with E-state index in [2.05, 4.69) is 30.7 Å². The van der Waals surface area contributed by atoms with E-state index in [1.54, 1.807) is 6.08 Å². The first kappa shape index (κ1) is 14.5. The van der Waals surface area contributed by atoms with Gasteiger partial charge in [0.1, 0.15) is 0 Å². The number of carbonyl (C=O) groups excluding carboxylic acids is 1. The van der Waals surface area contributed by atoms with Gasteiger partial charge >= 0.3 is 0 Å². The number of benzene rings is 1. The molecule has 0 fully saturated rings. The quantitative estimate of drug-likeness (QED) is 0.866. The first-order valence-electron chi connectivity index (χ1n) is 6.52. The van der Waals surface area contributed by atoms with Crippen LogP contribution < -0.4 is 5.32 Å². The maximum atomic E-state index is 12.0. The van der Waals surface area contributed by atoms with Gasteiger partial charge in [-0.15, -0.1) is 6.58 Å². The molecule has 0 unspecified atom stereocenters. The van der Waals surface area contributed by atoms with Gasteiger partial charge < -0.3 is 5.32 Å². The van der Waals surface area contributed by atoms with Gasteiger partial charge in [-0.3, -0.25) is 9.78 Å². The first-order valence-corrected chi connectivity index (χ1v) is 6.90. The zero-order valence-electron chi connectivity index (χ0n) is 11.6. The summed E-state index contributed by atoms with van der Waals surface area (Å²) in [6.45, 7) is 8.18. The molecule has 0 atom stereocenters. The summed E-state index contributed by atoms with van der Waals surface area (Å²) >= 11 is 6.37.